The number of hydrogen-bond donors (Lipinski definition) is 1. The molecule has 3 amide bonds. The van der Waals surface area contributed by atoms with E-state index >= 15 is 0 Å². The molecule has 3 aliphatic heterocycles. The Hall–Kier alpha value is -3.49. The maximum atomic E-state index is 14.8. The van der Waals surface area contributed by atoms with Gasteiger partial charge in [0, 0.05) is 25.8 Å². The number of likely N-dealkylation sites (N-methyl/N-ethyl adjacent to an activating group) is 1. The van der Waals surface area contributed by atoms with Gasteiger partial charge in [-0.1, -0.05) is 56.3 Å². The molecule has 0 aliphatic carbocycles. The first-order chi connectivity index (χ1) is 19.7. The summed E-state index contributed by atoms with van der Waals surface area (Å²) < 4.78 is 6.90. The van der Waals surface area contributed by atoms with Crippen molar-refractivity contribution in [2.75, 3.05) is 31.6 Å². The maximum absolute atomic E-state index is 14.8. The van der Waals surface area contributed by atoms with Crippen LogP contribution in [0.25, 0.3) is 10.8 Å². The van der Waals surface area contributed by atoms with Crippen LogP contribution in [0.4, 0.5) is 5.69 Å². The van der Waals surface area contributed by atoms with E-state index < -0.39 is 35.1 Å². The molecule has 3 saturated heterocycles. The Kier molecular flexibility index (Phi) is 7.83. The maximum Gasteiger partial charge on any atom is 0.253 e. The second kappa shape index (κ2) is 11.1. The van der Waals surface area contributed by atoms with Gasteiger partial charge in [0.25, 0.3) is 5.91 Å². The van der Waals surface area contributed by atoms with E-state index in [1.165, 1.54) is 0 Å². The van der Waals surface area contributed by atoms with E-state index in [4.69, 9.17) is 4.74 Å². The molecular weight excluding hydrogens is 518 g/mol. The molecule has 2 aromatic rings. The molecule has 8 heteroatoms. The van der Waals surface area contributed by atoms with Crippen LogP contribution in [0.1, 0.15) is 39.5 Å². The zero-order valence-corrected chi connectivity index (χ0v) is 24.3. The smallest absolute Gasteiger partial charge is 0.253 e. The average molecular weight is 560 g/mol. The summed E-state index contributed by atoms with van der Waals surface area (Å²) in [5.41, 5.74) is -1.31. The second-order valence-corrected chi connectivity index (χ2v) is 11.6. The van der Waals surface area contributed by atoms with Crippen LogP contribution < -0.4 is 4.90 Å². The Balaban J connectivity index is 1.64. The van der Waals surface area contributed by atoms with Gasteiger partial charge < -0.3 is 24.5 Å². The number of aliphatic hydroxyl groups excluding tert-OH is 1. The van der Waals surface area contributed by atoms with E-state index in [-0.39, 0.29) is 30.9 Å². The molecule has 1 N–H and O–H groups in total. The molecular formula is C33H41N3O5. The molecule has 0 aromatic heterocycles. The number of amides is 3. The number of carbonyl (C=O) groups excluding carboxylic acids is 3. The van der Waals surface area contributed by atoms with Gasteiger partial charge in [0.15, 0.2) is 0 Å². The van der Waals surface area contributed by atoms with Gasteiger partial charge in [-0.15, -0.1) is 13.2 Å². The molecule has 1 spiro atoms. The van der Waals surface area contributed by atoms with E-state index in [1.807, 2.05) is 56.3 Å². The number of nitrogens with zero attached hydrogens (tertiary/aromatic N) is 3. The number of anilines is 1. The minimum Gasteiger partial charge on any atom is -0.394 e. The number of ether oxygens (including phenoxy) is 1. The number of fused-ring (bicyclic) bond motifs is 2. The normalized spacial score (nSPS) is 28.9. The van der Waals surface area contributed by atoms with E-state index in [9.17, 15) is 19.5 Å². The molecule has 218 valence electrons. The fourth-order valence-corrected chi connectivity index (χ4v) is 7.58. The molecule has 2 unspecified atom stereocenters. The summed E-state index contributed by atoms with van der Waals surface area (Å²) in [5, 5.41) is 12.4. The van der Waals surface area contributed by atoms with Crippen LogP contribution in [-0.4, -0.2) is 82.7 Å². The van der Waals surface area contributed by atoms with Crippen molar-refractivity contribution in [3.8, 4) is 0 Å². The highest BCUT2D eigenvalue weighted by atomic mass is 16.5. The van der Waals surface area contributed by atoms with E-state index in [1.54, 1.807) is 33.9 Å². The summed E-state index contributed by atoms with van der Waals surface area (Å²) in [5.74, 6) is -2.28. The van der Waals surface area contributed by atoms with Gasteiger partial charge in [0.05, 0.1) is 30.1 Å². The van der Waals surface area contributed by atoms with Gasteiger partial charge in [0.1, 0.15) is 11.6 Å². The van der Waals surface area contributed by atoms with Crippen LogP contribution in [0.5, 0.6) is 0 Å². The van der Waals surface area contributed by atoms with Gasteiger partial charge in [-0.25, -0.2) is 0 Å². The standard InChI is InChI=1S/C33H41N3O5/c1-6-18-34(5)29(38)26-27-30(39)36(24(8-3)21-37)28(33(27)17-16-32(26,9-4)41-33)31(40)35(19-7-2)25-15-14-22-12-10-11-13-23(22)20-25/h6-7,10-15,20,24,26-28,37H,1-2,8-9,16-19,21H2,3-5H3/t24-,26+,27-,28?,32-,33?/m0/s1. The van der Waals surface area contributed by atoms with Crippen molar-refractivity contribution in [1.29, 1.82) is 0 Å². The van der Waals surface area contributed by atoms with Crippen molar-refractivity contribution in [3.63, 3.8) is 0 Å². The van der Waals surface area contributed by atoms with Crippen molar-refractivity contribution in [1.82, 2.24) is 9.80 Å². The van der Waals surface area contributed by atoms with E-state index in [0.717, 1.165) is 10.8 Å². The largest absolute Gasteiger partial charge is 0.394 e. The Morgan fingerprint density at radius 2 is 1.80 bits per heavy atom. The fourth-order valence-electron chi connectivity index (χ4n) is 7.58. The van der Waals surface area contributed by atoms with Gasteiger partial charge >= 0.3 is 0 Å². The Morgan fingerprint density at radius 3 is 2.44 bits per heavy atom. The number of aliphatic hydroxyl groups is 1. The zero-order chi connectivity index (χ0) is 29.5. The minimum absolute atomic E-state index is 0.172. The van der Waals surface area contributed by atoms with Crippen LogP contribution >= 0.6 is 0 Å². The summed E-state index contributed by atoms with van der Waals surface area (Å²) in [6.07, 6.45) is 5.40. The first kappa shape index (κ1) is 29.0. The molecule has 8 nitrogen and oxygen atoms in total. The van der Waals surface area contributed by atoms with Gasteiger partial charge in [-0.05, 0) is 48.6 Å². The third kappa shape index (κ3) is 4.30. The third-order valence-electron chi connectivity index (χ3n) is 9.60. The molecule has 3 aliphatic rings. The van der Waals surface area contributed by atoms with Crippen LogP contribution in [-0.2, 0) is 19.1 Å². The number of hydrogen-bond acceptors (Lipinski definition) is 5. The summed E-state index contributed by atoms with van der Waals surface area (Å²) in [7, 11) is 1.71. The summed E-state index contributed by atoms with van der Waals surface area (Å²) in [6.45, 7) is 11.8. The Bertz CT molecular complexity index is 1370. The fraction of sp³-hybridized carbons (Fsp3) is 0.485. The molecule has 2 aromatic carbocycles. The van der Waals surface area contributed by atoms with Crippen LogP contribution in [0.2, 0.25) is 0 Å². The summed E-state index contributed by atoms with van der Waals surface area (Å²) in [6, 6.07) is 12.2. The monoisotopic (exact) mass is 559 g/mol. The van der Waals surface area contributed by atoms with Crippen molar-refractivity contribution in [3.05, 3.63) is 67.8 Å². The van der Waals surface area contributed by atoms with Crippen molar-refractivity contribution in [2.24, 2.45) is 11.8 Å². The minimum atomic E-state index is -1.17. The highest BCUT2D eigenvalue weighted by molar-refractivity contribution is 6.06. The molecule has 3 heterocycles. The van der Waals surface area contributed by atoms with Crippen molar-refractivity contribution in [2.45, 2.75) is 62.8 Å². The molecule has 3 fully saturated rings. The zero-order valence-electron chi connectivity index (χ0n) is 24.3. The van der Waals surface area contributed by atoms with Crippen molar-refractivity contribution >= 4 is 34.2 Å². The lowest BCUT2D eigenvalue weighted by atomic mass is 9.64. The first-order valence-electron chi connectivity index (χ1n) is 14.6. The van der Waals surface area contributed by atoms with Crippen LogP contribution in [0.15, 0.2) is 67.8 Å². The Morgan fingerprint density at radius 1 is 1.10 bits per heavy atom. The van der Waals surface area contributed by atoms with Gasteiger partial charge in [-0.2, -0.15) is 0 Å². The molecule has 0 saturated carbocycles. The number of carbonyl (C=O) groups is 3. The lowest BCUT2D eigenvalue weighted by Crippen LogP contribution is -2.59. The number of rotatable bonds is 11. The lowest BCUT2D eigenvalue weighted by molar-refractivity contribution is -0.153. The van der Waals surface area contributed by atoms with Crippen molar-refractivity contribution < 1.29 is 24.2 Å². The first-order valence-corrected chi connectivity index (χ1v) is 14.6. The average Bonchev–Trinajstić information content (AvgIpc) is 3.59. The highest BCUT2D eigenvalue weighted by Gasteiger charge is 2.79. The molecule has 2 bridgehead atoms. The topological polar surface area (TPSA) is 90.4 Å². The van der Waals surface area contributed by atoms with Crippen LogP contribution in [0.3, 0.4) is 0 Å². The number of benzene rings is 2. The van der Waals surface area contributed by atoms with Gasteiger partial charge in [0.2, 0.25) is 11.8 Å². The third-order valence-corrected chi connectivity index (χ3v) is 9.60. The van der Waals surface area contributed by atoms with E-state index in [0.29, 0.717) is 37.9 Å². The summed E-state index contributed by atoms with van der Waals surface area (Å²) in [4.78, 5) is 48.0. The quantitative estimate of drug-likeness (QED) is 0.422. The molecule has 6 atom stereocenters. The SMILES string of the molecule is C=CCN(C)C(=O)[C@H]1[C@H]2C(=O)N([C@@H](CC)CO)C(C(=O)N(CC=C)c3ccc4ccccc4c3)C23CC[C@]1(CC)O3. The molecule has 5 rings (SSSR count). The summed E-state index contributed by atoms with van der Waals surface area (Å²) >= 11 is 0. The van der Waals surface area contributed by atoms with E-state index in [2.05, 4.69) is 13.2 Å². The highest BCUT2D eigenvalue weighted by Crippen LogP contribution is 2.65. The lowest BCUT2D eigenvalue weighted by Gasteiger charge is -2.39. The van der Waals surface area contributed by atoms with Gasteiger partial charge in [-0.3, -0.25) is 14.4 Å². The number of likely N-dealkylation sites (tertiary alicyclic amines) is 1. The predicted octanol–water partition coefficient (Wildman–Crippen LogP) is 3.93. The predicted molar refractivity (Wildman–Crippen MR) is 159 cm³/mol. The van der Waals surface area contributed by atoms with Crippen LogP contribution in [0, 0.1) is 11.8 Å². The Labute approximate surface area is 242 Å². The second-order valence-electron chi connectivity index (χ2n) is 11.6. The molecule has 0 radical (unpaired) electrons. The molecule has 41 heavy (non-hydrogen) atoms.